The minimum absolute atomic E-state index is 0.0729. The molecule has 13 nitrogen and oxygen atoms in total. The summed E-state index contributed by atoms with van der Waals surface area (Å²) in [5.74, 6) is -2.17. The molecule has 0 aliphatic carbocycles. The molecule has 3 saturated heterocycles. The van der Waals surface area contributed by atoms with Crippen molar-refractivity contribution in [3.05, 3.63) is 36.0 Å². The van der Waals surface area contributed by atoms with E-state index in [-0.39, 0.29) is 32.0 Å². The Bertz CT molecular complexity index is 1430. The number of hydrogen-bond donors (Lipinski definition) is 5. The van der Waals surface area contributed by atoms with Gasteiger partial charge in [-0.15, -0.1) is 0 Å². The number of aliphatic hydroxyl groups is 1. The van der Waals surface area contributed by atoms with Gasteiger partial charge in [-0.1, -0.05) is 32.0 Å². The summed E-state index contributed by atoms with van der Waals surface area (Å²) in [4.78, 5) is 73.5. The van der Waals surface area contributed by atoms with Crippen molar-refractivity contribution in [3.8, 4) is 0 Å². The van der Waals surface area contributed by atoms with E-state index in [2.05, 4.69) is 20.9 Å². The number of rotatable bonds is 4. The molecule has 5 N–H and O–H groups in total. The number of aliphatic hydroxyl groups excluding tert-OH is 1. The number of nitrogens with zero attached hydrogens (tertiary/aromatic N) is 2. The number of H-pyrrole nitrogens is 1. The van der Waals surface area contributed by atoms with Gasteiger partial charge in [-0.25, -0.2) is 0 Å². The number of benzene rings is 1. The summed E-state index contributed by atoms with van der Waals surface area (Å²) in [5.41, 5.74) is 1.70. The number of para-hydroxylation sites is 1. The molecule has 1 aromatic carbocycles. The Kier molecular flexibility index (Phi) is 10.1. The van der Waals surface area contributed by atoms with Gasteiger partial charge in [0.25, 0.3) is 0 Å². The topological polar surface area (TPSA) is 173 Å². The van der Waals surface area contributed by atoms with Crippen LogP contribution in [0.2, 0.25) is 0 Å². The van der Waals surface area contributed by atoms with Crippen molar-refractivity contribution in [2.75, 3.05) is 26.2 Å². The minimum atomic E-state index is -1.15. The van der Waals surface area contributed by atoms with Crippen LogP contribution in [-0.2, 0) is 35.1 Å². The summed E-state index contributed by atoms with van der Waals surface area (Å²) in [6.45, 7) is 5.31. The van der Waals surface area contributed by atoms with Crippen LogP contribution >= 0.6 is 0 Å². The van der Waals surface area contributed by atoms with Crippen LogP contribution in [0.1, 0.15) is 52.0 Å². The summed E-state index contributed by atoms with van der Waals surface area (Å²) in [5, 5.41) is 20.7. The molecule has 6 atom stereocenters. The maximum Gasteiger partial charge on any atom is 0.246 e. The Morgan fingerprint density at radius 3 is 2.58 bits per heavy atom. The first kappa shape index (κ1) is 32.4. The van der Waals surface area contributed by atoms with Crippen molar-refractivity contribution < 1.29 is 33.8 Å². The molecule has 45 heavy (non-hydrogen) atoms. The Balaban J connectivity index is 1.49. The average Bonchev–Trinajstić information content (AvgIpc) is 3.65. The van der Waals surface area contributed by atoms with Gasteiger partial charge in [-0.2, -0.15) is 0 Å². The zero-order chi connectivity index (χ0) is 32.2. The Morgan fingerprint density at radius 2 is 1.82 bits per heavy atom. The standard InChI is InChI=1S/C32H44N6O7/c1-18(2)13-24-30(42)35-23-10-12-45-27(29(23)41)16-37(19(3)39)17-28(40)34-25(14-20-15-33-22-8-5-4-7-21(20)22)32(44)38-11-6-9-26(38)31(43)36-24/h4-5,7-8,15,18,23-27,29,33,41H,6,9-14,16-17H2,1-3H3,(H,34,40)(H,35,42)(H,36,43)/t23-,24+,25+,26+,27+,29-/m0/s1. The Labute approximate surface area is 262 Å². The van der Waals surface area contributed by atoms with Gasteiger partial charge in [0.05, 0.1) is 19.1 Å². The van der Waals surface area contributed by atoms with Gasteiger partial charge in [0.15, 0.2) is 0 Å². The molecule has 0 saturated carbocycles. The van der Waals surface area contributed by atoms with E-state index in [9.17, 15) is 29.1 Å². The van der Waals surface area contributed by atoms with E-state index in [1.54, 1.807) is 6.20 Å². The van der Waals surface area contributed by atoms with Crippen molar-refractivity contribution in [1.82, 2.24) is 30.7 Å². The van der Waals surface area contributed by atoms with E-state index in [0.717, 1.165) is 16.5 Å². The predicted molar refractivity (Wildman–Crippen MR) is 165 cm³/mol. The van der Waals surface area contributed by atoms with Crippen molar-refractivity contribution >= 4 is 40.4 Å². The third kappa shape index (κ3) is 7.47. The van der Waals surface area contributed by atoms with Crippen LogP contribution in [0.15, 0.2) is 30.5 Å². The van der Waals surface area contributed by atoms with E-state index >= 15 is 0 Å². The largest absolute Gasteiger partial charge is 0.388 e. The van der Waals surface area contributed by atoms with E-state index < -0.39 is 65.9 Å². The number of amides is 5. The third-order valence-corrected chi connectivity index (χ3v) is 8.97. The summed E-state index contributed by atoms with van der Waals surface area (Å²) in [7, 11) is 0. The number of carbonyl (C=O) groups excluding carboxylic acids is 5. The number of fused-ring (bicyclic) bond motifs is 4. The Morgan fingerprint density at radius 1 is 1.04 bits per heavy atom. The van der Waals surface area contributed by atoms with Gasteiger partial charge in [-0.3, -0.25) is 24.0 Å². The molecule has 3 aliphatic heterocycles. The molecule has 13 heteroatoms. The highest BCUT2D eigenvalue weighted by Gasteiger charge is 2.41. The van der Waals surface area contributed by atoms with Gasteiger partial charge in [-0.05, 0) is 43.2 Å². The number of aromatic amines is 1. The lowest BCUT2D eigenvalue weighted by Gasteiger charge is -2.38. The summed E-state index contributed by atoms with van der Waals surface area (Å²) in [6, 6.07) is 4.25. The van der Waals surface area contributed by atoms with Gasteiger partial charge >= 0.3 is 0 Å². The number of nitrogens with one attached hydrogen (secondary N) is 4. The minimum Gasteiger partial charge on any atom is -0.388 e. The van der Waals surface area contributed by atoms with E-state index in [4.69, 9.17) is 4.74 Å². The average molecular weight is 625 g/mol. The van der Waals surface area contributed by atoms with E-state index in [1.807, 2.05) is 38.1 Å². The van der Waals surface area contributed by atoms with Gasteiger partial charge < -0.3 is 40.6 Å². The first-order valence-corrected chi connectivity index (χ1v) is 15.8. The summed E-state index contributed by atoms with van der Waals surface area (Å²) >= 11 is 0. The van der Waals surface area contributed by atoms with Crippen LogP contribution in [-0.4, -0.2) is 112 Å². The lowest BCUT2D eigenvalue weighted by Crippen LogP contribution is -2.60. The maximum absolute atomic E-state index is 14.2. The second kappa shape index (κ2) is 14.0. The molecular weight excluding hydrogens is 580 g/mol. The highest BCUT2D eigenvalue weighted by atomic mass is 16.5. The molecule has 4 heterocycles. The highest BCUT2D eigenvalue weighted by molar-refractivity contribution is 5.96. The van der Waals surface area contributed by atoms with Gasteiger partial charge in [0, 0.05) is 43.6 Å². The monoisotopic (exact) mass is 624 g/mol. The van der Waals surface area contributed by atoms with Crippen molar-refractivity contribution in [1.29, 1.82) is 0 Å². The smallest absolute Gasteiger partial charge is 0.246 e. The van der Waals surface area contributed by atoms with E-state index in [0.29, 0.717) is 32.2 Å². The van der Waals surface area contributed by atoms with Crippen molar-refractivity contribution in [2.45, 2.75) is 89.3 Å². The second-order valence-electron chi connectivity index (χ2n) is 12.8. The molecule has 0 radical (unpaired) electrons. The maximum atomic E-state index is 14.2. The molecule has 0 unspecified atom stereocenters. The molecule has 5 amide bonds. The first-order chi connectivity index (χ1) is 21.5. The highest BCUT2D eigenvalue weighted by Crippen LogP contribution is 2.24. The normalized spacial score (nSPS) is 28.8. The lowest BCUT2D eigenvalue weighted by molar-refractivity contribution is -0.144. The molecule has 2 bridgehead atoms. The predicted octanol–water partition coefficient (Wildman–Crippen LogP) is 0.214. The van der Waals surface area contributed by atoms with Crippen molar-refractivity contribution in [3.63, 3.8) is 0 Å². The van der Waals surface area contributed by atoms with Crippen LogP contribution in [0, 0.1) is 5.92 Å². The fraction of sp³-hybridized carbons (Fsp3) is 0.594. The molecule has 0 spiro atoms. The molecule has 3 aliphatic rings. The molecule has 3 fully saturated rings. The Hall–Kier alpha value is -3.97. The van der Waals surface area contributed by atoms with Gasteiger partial charge in [0.1, 0.15) is 30.3 Å². The molecule has 244 valence electrons. The molecule has 1 aromatic heterocycles. The van der Waals surface area contributed by atoms with E-state index in [1.165, 1.54) is 16.7 Å². The number of aromatic nitrogens is 1. The van der Waals surface area contributed by atoms with Crippen molar-refractivity contribution in [2.24, 2.45) is 5.92 Å². The fourth-order valence-electron chi connectivity index (χ4n) is 6.61. The second-order valence-corrected chi connectivity index (χ2v) is 12.8. The van der Waals surface area contributed by atoms with Crippen LogP contribution in [0.25, 0.3) is 10.9 Å². The van der Waals surface area contributed by atoms with Crippen LogP contribution < -0.4 is 16.0 Å². The number of carbonyl (C=O) groups is 5. The van der Waals surface area contributed by atoms with Crippen LogP contribution in [0.4, 0.5) is 0 Å². The first-order valence-electron chi connectivity index (χ1n) is 15.8. The molecule has 2 aromatic rings. The van der Waals surface area contributed by atoms with Crippen LogP contribution in [0.5, 0.6) is 0 Å². The fourth-order valence-corrected chi connectivity index (χ4v) is 6.61. The number of hydrogen-bond acceptors (Lipinski definition) is 7. The van der Waals surface area contributed by atoms with Crippen LogP contribution in [0.3, 0.4) is 0 Å². The lowest BCUT2D eigenvalue weighted by atomic mass is 9.97. The zero-order valence-corrected chi connectivity index (χ0v) is 26.1. The summed E-state index contributed by atoms with van der Waals surface area (Å²) in [6.07, 6.45) is 1.65. The summed E-state index contributed by atoms with van der Waals surface area (Å²) < 4.78 is 5.78. The quantitative estimate of drug-likeness (QED) is 0.324. The number of ether oxygens (including phenoxy) is 1. The van der Waals surface area contributed by atoms with Gasteiger partial charge in [0.2, 0.25) is 29.5 Å². The third-order valence-electron chi connectivity index (χ3n) is 8.97. The zero-order valence-electron chi connectivity index (χ0n) is 26.1. The molecule has 5 rings (SSSR count). The molecular formula is C32H44N6O7. The SMILES string of the molecule is CC(=O)N1CC(=O)N[C@H](Cc2c[nH]c3ccccc23)C(=O)N2CCC[C@@H]2C(=O)N[C@H](CC(C)C)C(=O)N[C@H]2CCO[C@H](C1)[C@H]2O.